The summed E-state index contributed by atoms with van der Waals surface area (Å²) >= 11 is 0.980. The van der Waals surface area contributed by atoms with Crippen molar-refractivity contribution >= 4 is 39.0 Å². The van der Waals surface area contributed by atoms with Crippen molar-refractivity contribution in [2.24, 2.45) is 5.41 Å². The number of rotatable bonds is 6. The fraction of sp³-hybridized carbons (Fsp3) is 0.444. The molecule has 0 atom stereocenters. The van der Waals surface area contributed by atoms with E-state index in [1.807, 2.05) is 13.8 Å². The molecule has 0 unspecified atom stereocenters. The predicted octanol–water partition coefficient (Wildman–Crippen LogP) is 2.92. The van der Waals surface area contributed by atoms with Crippen LogP contribution in [0.5, 0.6) is 0 Å². The summed E-state index contributed by atoms with van der Waals surface area (Å²) in [6.45, 7) is 5.36. The third-order valence-electron chi connectivity index (χ3n) is 4.30. The van der Waals surface area contributed by atoms with Crippen LogP contribution in [0.2, 0.25) is 0 Å². The molecule has 1 aromatic carbocycles. The van der Waals surface area contributed by atoms with E-state index < -0.39 is 15.3 Å². The maximum Gasteiger partial charge on any atom is 0.278 e. The highest BCUT2D eigenvalue weighted by molar-refractivity contribution is 8.01. The monoisotopic (exact) mass is 423 g/mol. The molecule has 0 aliphatic heterocycles. The van der Waals surface area contributed by atoms with Crippen LogP contribution in [0.3, 0.4) is 0 Å². The second kappa shape index (κ2) is 7.67. The third kappa shape index (κ3) is 4.79. The van der Waals surface area contributed by atoms with E-state index in [2.05, 4.69) is 14.9 Å². The molecule has 1 heterocycles. The van der Waals surface area contributed by atoms with Crippen molar-refractivity contribution in [3.8, 4) is 11.5 Å². The van der Waals surface area contributed by atoms with E-state index in [1.165, 1.54) is 0 Å². The molecule has 0 radical (unpaired) electrons. The summed E-state index contributed by atoms with van der Waals surface area (Å²) < 4.78 is 31.2. The van der Waals surface area contributed by atoms with Gasteiger partial charge in [-0.15, -0.1) is 10.2 Å². The maximum absolute atomic E-state index is 12.3. The van der Waals surface area contributed by atoms with Crippen LogP contribution >= 0.6 is 11.8 Å². The molecule has 3 rings (SSSR count). The number of Topliss-reactive ketones (excluding diaryl/α,β-unsaturated/α-hetero) is 2. The predicted molar refractivity (Wildman–Crippen MR) is 105 cm³/mol. The van der Waals surface area contributed by atoms with Gasteiger partial charge in [0.25, 0.3) is 5.22 Å². The summed E-state index contributed by atoms with van der Waals surface area (Å²) in [4.78, 5) is 24.6. The molecule has 1 aliphatic rings. The molecule has 0 amide bonds. The molecule has 0 bridgehead atoms. The Morgan fingerprint density at radius 2 is 1.75 bits per heavy atom. The molecule has 1 aromatic heterocycles. The largest absolute Gasteiger partial charge is 0.411 e. The van der Waals surface area contributed by atoms with Crippen molar-refractivity contribution in [1.29, 1.82) is 0 Å². The van der Waals surface area contributed by atoms with E-state index in [0.29, 0.717) is 24.1 Å². The zero-order valence-corrected chi connectivity index (χ0v) is 17.4. The molecule has 28 heavy (non-hydrogen) atoms. The number of nitrogens with one attached hydrogen (secondary N) is 1. The average Bonchev–Trinajstić information content (AvgIpc) is 3.06. The van der Waals surface area contributed by atoms with Crippen molar-refractivity contribution in [2.45, 2.75) is 44.1 Å². The summed E-state index contributed by atoms with van der Waals surface area (Å²) in [6.07, 6.45) is 0.680. The first-order chi connectivity index (χ1) is 13.1. The van der Waals surface area contributed by atoms with Gasteiger partial charge < -0.3 is 4.42 Å². The third-order valence-corrected chi connectivity index (χ3v) is 6.74. The van der Waals surface area contributed by atoms with Crippen molar-refractivity contribution in [3.63, 3.8) is 0 Å². The van der Waals surface area contributed by atoms with Gasteiger partial charge in [0, 0.05) is 24.1 Å². The Morgan fingerprint density at radius 3 is 2.32 bits per heavy atom. The molecule has 0 spiro atoms. The van der Waals surface area contributed by atoms with Crippen LogP contribution in [0.15, 0.2) is 33.9 Å². The standard InChI is InChI=1S/C18H21N3O5S2/c1-4-28(24,25)21-12-7-5-11(6-8-12)16-19-20-17(26-16)27-15-13(22)9-18(2,3)10-14(15)23/h5-8,15,21H,4,9-10H2,1-3H3. The molecule has 8 nitrogen and oxygen atoms in total. The van der Waals surface area contributed by atoms with Gasteiger partial charge in [-0.1, -0.05) is 13.8 Å². The number of sulfonamides is 1. The minimum absolute atomic E-state index is 0.0191. The molecule has 2 aromatic rings. The minimum Gasteiger partial charge on any atom is -0.411 e. The molecule has 1 N–H and O–H groups in total. The van der Waals surface area contributed by atoms with Crippen molar-refractivity contribution in [3.05, 3.63) is 24.3 Å². The van der Waals surface area contributed by atoms with Gasteiger partial charge in [-0.2, -0.15) is 0 Å². The van der Waals surface area contributed by atoms with Crippen molar-refractivity contribution in [2.75, 3.05) is 10.5 Å². The second-order valence-electron chi connectivity index (χ2n) is 7.40. The Balaban J connectivity index is 1.70. The number of ketones is 2. The Bertz CT molecular complexity index is 976. The van der Waals surface area contributed by atoms with Crippen LogP contribution in [0.25, 0.3) is 11.5 Å². The normalized spacial score (nSPS) is 17.7. The zero-order chi connectivity index (χ0) is 20.5. The van der Waals surface area contributed by atoms with Gasteiger partial charge in [-0.05, 0) is 48.4 Å². The van der Waals surface area contributed by atoms with Crippen molar-refractivity contribution in [1.82, 2.24) is 10.2 Å². The van der Waals surface area contributed by atoms with Gasteiger partial charge >= 0.3 is 0 Å². The van der Waals surface area contributed by atoms with Crippen LogP contribution in [0.1, 0.15) is 33.6 Å². The Morgan fingerprint density at radius 1 is 1.14 bits per heavy atom. The summed E-state index contributed by atoms with van der Waals surface area (Å²) in [5, 5.41) is 7.21. The maximum atomic E-state index is 12.3. The van der Waals surface area contributed by atoms with Gasteiger partial charge in [-0.3, -0.25) is 14.3 Å². The molecule has 1 fully saturated rings. The summed E-state index contributed by atoms with van der Waals surface area (Å²) in [5.74, 6) is -0.0463. The quantitative estimate of drug-likeness (QED) is 0.704. The van der Waals surface area contributed by atoms with E-state index in [-0.39, 0.29) is 33.8 Å². The molecule has 150 valence electrons. The lowest BCUT2D eigenvalue weighted by molar-refractivity contribution is -0.132. The molecule has 10 heteroatoms. The topological polar surface area (TPSA) is 119 Å². The van der Waals surface area contributed by atoms with Gasteiger partial charge in [0.15, 0.2) is 11.6 Å². The highest BCUT2D eigenvalue weighted by atomic mass is 32.2. The summed E-state index contributed by atoms with van der Waals surface area (Å²) in [6, 6.07) is 6.48. The fourth-order valence-corrected chi connectivity index (χ4v) is 4.40. The number of aromatic nitrogens is 2. The number of hydrogen-bond donors (Lipinski definition) is 1. The lowest BCUT2D eigenvalue weighted by Gasteiger charge is -2.30. The molecule has 1 saturated carbocycles. The lowest BCUT2D eigenvalue weighted by atomic mass is 9.76. The van der Waals surface area contributed by atoms with Gasteiger partial charge in [0.1, 0.15) is 5.25 Å². The molecule has 1 aliphatic carbocycles. The Labute approximate surface area is 167 Å². The second-order valence-corrected chi connectivity index (χ2v) is 10.5. The first-order valence-electron chi connectivity index (χ1n) is 8.75. The van der Waals surface area contributed by atoms with Crippen LogP contribution in [0.4, 0.5) is 5.69 Å². The number of thioether (sulfide) groups is 1. The summed E-state index contributed by atoms with van der Waals surface area (Å²) in [5.41, 5.74) is 0.716. The van der Waals surface area contributed by atoms with Crippen LogP contribution in [-0.2, 0) is 19.6 Å². The Kier molecular flexibility index (Phi) is 5.62. The zero-order valence-electron chi connectivity index (χ0n) is 15.8. The summed E-state index contributed by atoms with van der Waals surface area (Å²) in [7, 11) is -3.35. The average molecular weight is 424 g/mol. The first kappa shape index (κ1) is 20.5. The van der Waals surface area contributed by atoms with Crippen LogP contribution in [-0.4, -0.2) is 41.2 Å². The Hall–Kier alpha value is -2.20. The number of hydrogen-bond acceptors (Lipinski definition) is 8. The fourth-order valence-electron chi connectivity index (χ4n) is 2.91. The number of nitrogens with zero attached hydrogens (tertiary/aromatic N) is 2. The van der Waals surface area contributed by atoms with Crippen LogP contribution < -0.4 is 4.72 Å². The highest BCUT2D eigenvalue weighted by Gasteiger charge is 2.41. The van der Waals surface area contributed by atoms with E-state index in [1.54, 1.807) is 31.2 Å². The van der Waals surface area contributed by atoms with Crippen molar-refractivity contribution < 1.29 is 22.4 Å². The smallest absolute Gasteiger partial charge is 0.278 e. The van der Waals surface area contributed by atoms with Gasteiger partial charge in [0.05, 0.1) is 5.75 Å². The SMILES string of the molecule is CCS(=O)(=O)Nc1ccc(-c2nnc(SC3C(=O)CC(C)(C)CC3=O)o2)cc1. The lowest BCUT2D eigenvalue weighted by Crippen LogP contribution is -2.39. The molecular formula is C18H21N3O5S2. The number of carbonyl (C=O) groups excluding carboxylic acids is 2. The molecule has 0 saturated heterocycles. The van der Waals surface area contributed by atoms with Crippen LogP contribution in [0, 0.1) is 5.41 Å². The minimum atomic E-state index is -3.35. The van der Waals surface area contributed by atoms with E-state index >= 15 is 0 Å². The number of anilines is 1. The van der Waals surface area contributed by atoms with E-state index in [4.69, 9.17) is 4.42 Å². The van der Waals surface area contributed by atoms with E-state index in [9.17, 15) is 18.0 Å². The number of carbonyl (C=O) groups is 2. The highest BCUT2D eigenvalue weighted by Crippen LogP contribution is 2.38. The first-order valence-corrected chi connectivity index (χ1v) is 11.3. The van der Waals surface area contributed by atoms with E-state index in [0.717, 1.165) is 11.8 Å². The number of benzene rings is 1. The van der Waals surface area contributed by atoms with Gasteiger partial charge in [-0.25, -0.2) is 8.42 Å². The molecular weight excluding hydrogens is 402 g/mol. The van der Waals surface area contributed by atoms with Gasteiger partial charge in [0.2, 0.25) is 15.9 Å².